The molecule has 2 heterocycles. The van der Waals surface area contributed by atoms with Gasteiger partial charge in [-0.2, -0.15) is 0 Å². The molecule has 0 aromatic heterocycles. The molecular weight excluding hydrogens is 314 g/mol. The van der Waals surface area contributed by atoms with Crippen LogP contribution in [0.4, 0.5) is 0 Å². The quantitative estimate of drug-likeness (QED) is 0.748. The highest BCUT2D eigenvalue weighted by Gasteiger charge is 2.38. The van der Waals surface area contributed by atoms with E-state index in [0.29, 0.717) is 18.7 Å². The molecule has 0 N–H and O–H groups in total. The van der Waals surface area contributed by atoms with Gasteiger partial charge in [0.15, 0.2) is 0 Å². The van der Waals surface area contributed by atoms with Gasteiger partial charge >= 0.3 is 5.97 Å². The van der Waals surface area contributed by atoms with Gasteiger partial charge in [0.25, 0.3) is 5.91 Å². The summed E-state index contributed by atoms with van der Waals surface area (Å²) >= 11 is 1.61. The maximum Gasteiger partial charge on any atom is 0.306 e. The Bertz CT molecular complexity index is 586. The molecule has 3 rings (SSSR count). The fourth-order valence-corrected chi connectivity index (χ4v) is 4.31. The minimum Gasteiger partial charge on any atom is -0.469 e. The molecule has 5 nitrogen and oxygen atoms in total. The zero-order valence-corrected chi connectivity index (χ0v) is 14.0. The summed E-state index contributed by atoms with van der Waals surface area (Å²) < 4.78 is 10.4. The van der Waals surface area contributed by atoms with Gasteiger partial charge in [-0.25, -0.2) is 0 Å². The predicted octanol–water partition coefficient (Wildman–Crippen LogP) is 2.62. The van der Waals surface area contributed by atoms with E-state index < -0.39 is 0 Å². The number of thioether (sulfide) groups is 1. The number of carbonyl (C=O) groups is 2. The van der Waals surface area contributed by atoms with Crippen LogP contribution in [0.25, 0.3) is 0 Å². The summed E-state index contributed by atoms with van der Waals surface area (Å²) in [6.07, 6.45) is 2.53. The van der Waals surface area contributed by atoms with Crippen molar-refractivity contribution < 1.29 is 19.1 Å². The highest BCUT2D eigenvalue weighted by molar-refractivity contribution is 7.99. The van der Waals surface area contributed by atoms with Crippen LogP contribution in [0.2, 0.25) is 0 Å². The van der Waals surface area contributed by atoms with E-state index >= 15 is 0 Å². The lowest BCUT2D eigenvalue weighted by atomic mass is 10.1. The zero-order valence-electron chi connectivity index (χ0n) is 13.2. The van der Waals surface area contributed by atoms with Gasteiger partial charge in [0.1, 0.15) is 5.37 Å². The van der Waals surface area contributed by atoms with E-state index in [2.05, 4.69) is 4.74 Å². The van der Waals surface area contributed by atoms with Crippen LogP contribution in [-0.2, 0) is 14.3 Å². The number of rotatable bonds is 6. The molecule has 1 fully saturated rings. The Balaban J connectivity index is 1.73. The van der Waals surface area contributed by atoms with Crippen LogP contribution >= 0.6 is 11.8 Å². The molecule has 6 heteroatoms. The number of hydrogen-bond donors (Lipinski definition) is 0. The van der Waals surface area contributed by atoms with Gasteiger partial charge < -0.3 is 14.4 Å². The minimum atomic E-state index is -0.221. The summed E-state index contributed by atoms with van der Waals surface area (Å²) in [5, 5.41) is -0.0486. The van der Waals surface area contributed by atoms with Crippen LogP contribution < -0.4 is 0 Å². The molecule has 1 saturated heterocycles. The Morgan fingerprint density at radius 3 is 3.00 bits per heavy atom. The molecule has 0 aliphatic carbocycles. The van der Waals surface area contributed by atoms with Crippen LogP contribution in [0.5, 0.6) is 0 Å². The van der Waals surface area contributed by atoms with Gasteiger partial charge in [-0.3, -0.25) is 9.59 Å². The van der Waals surface area contributed by atoms with E-state index in [-0.39, 0.29) is 23.4 Å². The predicted molar refractivity (Wildman–Crippen MR) is 88.3 cm³/mol. The lowest BCUT2D eigenvalue weighted by molar-refractivity contribution is -0.140. The number of nitrogens with zero attached hydrogens (tertiary/aromatic N) is 1. The molecule has 1 aromatic rings. The summed E-state index contributed by atoms with van der Waals surface area (Å²) in [5.41, 5.74) is 1.80. The van der Waals surface area contributed by atoms with Gasteiger partial charge in [0.2, 0.25) is 0 Å². The van der Waals surface area contributed by atoms with Crippen molar-refractivity contribution in [2.45, 2.75) is 30.7 Å². The first-order valence-electron chi connectivity index (χ1n) is 7.90. The number of methoxy groups -OCH3 is 1. The van der Waals surface area contributed by atoms with Gasteiger partial charge in [-0.05, 0) is 24.5 Å². The van der Waals surface area contributed by atoms with E-state index in [1.165, 1.54) is 7.11 Å². The molecule has 2 aliphatic rings. The first kappa shape index (κ1) is 16.3. The number of amides is 1. The number of fused-ring (bicyclic) bond motifs is 1. The van der Waals surface area contributed by atoms with Gasteiger partial charge in [0.05, 0.1) is 19.6 Å². The molecule has 1 amide bonds. The first-order chi connectivity index (χ1) is 11.2. The largest absolute Gasteiger partial charge is 0.469 e. The number of esters is 1. The van der Waals surface area contributed by atoms with Crippen LogP contribution in [0.15, 0.2) is 24.3 Å². The van der Waals surface area contributed by atoms with Crippen molar-refractivity contribution in [3.05, 3.63) is 35.4 Å². The van der Waals surface area contributed by atoms with E-state index in [4.69, 9.17) is 4.74 Å². The molecule has 1 aromatic carbocycles. The molecule has 0 unspecified atom stereocenters. The SMILES string of the molecule is COC(=O)CCS[C@@H]1c2ccccc2C(=O)N1C[C@H]1CCCO1. The van der Waals surface area contributed by atoms with Crippen LogP contribution in [-0.4, -0.2) is 48.9 Å². The van der Waals surface area contributed by atoms with Crippen molar-refractivity contribution in [1.29, 1.82) is 0 Å². The zero-order chi connectivity index (χ0) is 16.2. The maximum atomic E-state index is 12.7. The average molecular weight is 335 g/mol. The molecule has 23 heavy (non-hydrogen) atoms. The lowest BCUT2D eigenvalue weighted by Gasteiger charge is -2.27. The molecule has 0 bridgehead atoms. The summed E-state index contributed by atoms with van der Waals surface area (Å²) in [6, 6.07) is 7.72. The average Bonchev–Trinajstić information content (AvgIpc) is 3.17. The summed E-state index contributed by atoms with van der Waals surface area (Å²) in [7, 11) is 1.39. The fraction of sp³-hybridized carbons (Fsp3) is 0.529. The highest BCUT2D eigenvalue weighted by Crippen LogP contribution is 2.42. The fourth-order valence-electron chi connectivity index (χ4n) is 3.06. The minimum absolute atomic E-state index is 0.0486. The van der Waals surface area contributed by atoms with Crippen molar-refractivity contribution >= 4 is 23.6 Å². The maximum absolute atomic E-state index is 12.7. The molecular formula is C17H21NO4S. The summed E-state index contributed by atoms with van der Waals surface area (Å²) in [4.78, 5) is 25.9. The Labute approximate surface area is 140 Å². The second-order valence-electron chi connectivity index (χ2n) is 5.73. The lowest BCUT2D eigenvalue weighted by Crippen LogP contribution is -2.34. The molecule has 0 spiro atoms. The smallest absolute Gasteiger partial charge is 0.306 e. The van der Waals surface area contributed by atoms with Crippen molar-refractivity contribution in [2.75, 3.05) is 26.0 Å². The Kier molecular flexibility index (Phi) is 5.23. The number of hydrogen-bond acceptors (Lipinski definition) is 5. The number of ether oxygens (including phenoxy) is 2. The Morgan fingerprint density at radius 2 is 2.26 bits per heavy atom. The third kappa shape index (κ3) is 3.53. The van der Waals surface area contributed by atoms with Crippen LogP contribution in [0.3, 0.4) is 0 Å². The number of benzene rings is 1. The summed E-state index contributed by atoms with van der Waals surface area (Å²) in [6.45, 7) is 1.39. The third-order valence-corrected chi connectivity index (χ3v) is 5.50. The monoisotopic (exact) mass is 335 g/mol. The van der Waals surface area contributed by atoms with Crippen molar-refractivity contribution in [1.82, 2.24) is 4.90 Å². The molecule has 2 atom stereocenters. The van der Waals surface area contributed by atoms with E-state index in [0.717, 1.165) is 30.6 Å². The van der Waals surface area contributed by atoms with Gasteiger partial charge in [-0.15, -0.1) is 11.8 Å². The van der Waals surface area contributed by atoms with Crippen molar-refractivity contribution in [2.24, 2.45) is 0 Å². The first-order valence-corrected chi connectivity index (χ1v) is 8.95. The second-order valence-corrected chi connectivity index (χ2v) is 6.92. The van der Waals surface area contributed by atoms with Gasteiger partial charge in [-0.1, -0.05) is 18.2 Å². The van der Waals surface area contributed by atoms with Gasteiger partial charge in [0, 0.05) is 24.5 Å². The number of carbonyl (C=O) groups excluding carboxylic acids is 2. The molecule has 0 saturated carbocycles. The van der Waals surface area contributed by atoms with Crippen LogP contribution in [0, 0.1) is 0 Å². The normalized spacial score (nSPS) is 23.2. The van der Waals surface area contributed by atoms with Crippen molar-refractivity contribution in [3.8, 4) is 0 Å². The van der Waals surface area contributed by atoms with E-state index in [1.54, 1.807) is 11.8 Å². The Hall–Kier alpha value is -1.53. The highest BCUT2D eigenvalue weighted by atomic mass is 32.2. The van der Waals surface area contributed by atoms with E-state index in [9.17, 15) is 9.59 Å². The topological polar surface area (TPSA) is 55.8 Å². The molecule has 0 radical (unpaired) electrons. The molecule has 2 aliphatic heterocycles. The Morgan fingerprint density at radius 1 is 1.43 bits per heavy atom. The standard InChI is InChI=1S/C17H21NO4S/c1-21-15(19)8-10-23-17-14-7-3-2-6-13(14)16(20)18(17)11-12-5-4-9-22-12/h2-3,6-7,12,17H,4-5,8-11H2,1H3/t12-,17-/m1/s1. The second kappa shape index (κ2) is 7.36. The van der Waals surface area contributed by atoms with E-state index in [1.807, 2.05) is 29.2 Å². The van der Waals surface area contributed by atoms with Crippen molar-refractivity contribution in [3.63, 3.8) is 0 Å². The third-order valence-electron chi connectivity index (χ3n) is 4.24. The van der Waals surface area contributed by atoms with Crippen LogP contribution in [0.1, 0.15) is 40.6 Å². The molecule has 124 valence electrons. The summed E-state index contributed by atoms with van der Waals surface area (Å²) in [5.74, 6) is 0.466.